The van der Waals surface area contributed by atoms with E-state index < -0.39 is 0 Å². The first kappa shape index (κ1) is 20.3. The monoisotopic (exact) mass is 464 g/mol. The van der Waals surface area contributed by atoms with Gasteiger partial charge in [0.1, 0.15) is 5.69 Å². The lowest BCUT2D eigenvalue weighted by molar-refractivity contribution is -0.115. The van der Waals surface area contributed by atoms with Crippen LogP contribution in [-0.4, -0.2) is 31.1 Å². The lowest BCUT2D eigenvalue weighted by atomic mass is 10.0. The fraction of sp³-hybridized carbons (Fsp3) is 0.0769. The van der Waals surface area contributed by atoms with Gasteiger partial charge in [0.05, 0.1) is 28.4 Å². The molecule has 0 aliphatic carbocycles. The average molecular weight is 465 g/mol. The first-order valence-electron chi connectivity index (χ1n) is 10.9. The van der Waals surface area contributed by atoms with Crippen molar-refractivity contribution in [2.75, 3.05) is 5.32 Å². The van der Waals surface area contributed by atoms with Crippen molar-refractivity contribution in [3.8, 4) is 33.8 Å². The number of amides is 1. The highest BCUT2D eigenvalue weighted by atomic mass is 32.1. The lowest BCUT2D eigenvalue weighted by Gasteiger charge is -2.06. The van der Waals surface area contributed by atoms with E-state index in [9.17, 15) is 4.79 Å². The Labute approximate surface area is 198 Å². The summed E-state index contributed by atoms with van der Waals surface area (Å²) in [7, 11) is 0. The minimum Gasteiger partial charge on any atom is -0.337 e. The molecule has 34 heavy (non-hydrogen) atoms. The number of nitrogens with zero attached hydrogens (tertiary/aromatic N) is 3. The molecule has 6 aromatic rings. The van der Waals surface area contributed by atoms with Crippen LogP contribution in [0.5, 0.6) is 0 Å². The van der Waals surface area contributed by atoms with E-state index in [4.69, 9.17) is 4.98 Å². The van der Waals surface area contributed by atoms with Crippen molar-refractivity contribution < 1.29 is 4.79 Å². The van der Waals surface area contributed by atoms with Crippen LogP contribution < -0.4 is 5.32 Å². The normalized spacial score (nSPS) is 11.3. The third kappa shape index (κ3) is 3.54. The van der Waals surface area contributed by atoms with Crippen LogP contribution in [0.2, 0.25) is 0 Å². The summed E-state index contributed by atoms with van der Waals surface area (Å²) in [6.45, 7) is 1.82. The number of thiophene rings is 1. The molecule has 0 fully saturated rings. The second-order valence-electron chi connectivity index (χ2n) is 8.00. The maximum absolute atomic E-state index is 11.8. The minimum atomic E-state index is -0.0433. The van der Waals surface area contributed by atoms with Crippen molar-refractivity contribution in [2.45, 2.75) is 13.3 Å². The zero-order valence-corrected chi connectivity index (χ0v) is 19.1. The molecule has 7 nitrogen and oxygen atoms in total. The molecule has 2 aromatic carbocycles. The fourth-order valence-electron chi connectivity index (χ4n) is 4.08. The van der Waals surface area contributed by atoms with Crippen LogP contribution in [0.1, 0.15) is 13.3 Å². The molecule has 0 radical (unpaired) electrons. The Bertz CT molecular complexity index is 1650. The summed E-state index contributed by atoms with van der Waals surface area (Å²) in [5.41, 5.74) is 8.38. The van der Waals surface area contributed by atoms with E-state index >= 15 is 0 Å². The van der Waals surface area contributed by atoms with Crippen LogP contribution >= 0.6 is 11.3 Å². The third-order valence-corrected chi connectivity index (χ3v) is 6.49. The molecule has 1 amide bonds. The Morgan fingerprint density at radius 1 is 1.03 bits per heavy atom. The molecule has 166 valence electrons. The van der Waals surface area contributed by atoms with Crippen LogP contribution in [0.4, 0.5) is 5.69 Å². The lowest BCUT2D eigenvalue weighted by Crippen LogP contribution is -2.09. The van der Waals surface area contributed by atoms with Gasteiger partial charge in [-0.1, -0.05) is 25.1 Å². The molecule has 0 unspecified atom stereocenters. The van der Waals surface area contributed by atoms with Gasteiger partial charge in [0.25, 0.3) is 0 Å². The molecule has 8 heteroatoms. The summed E-state index contributed by atoms with van der Waals surface area (Å²) in [5, 5.41) is 15.7. The third-order valence-electron chi connectivity index (χ3n) is 5.81. The van der Waals surface area contributed by atoms with E-state index in [2.05, 4.69) is 54.4 Å². The van der Waals surface area contributed by atoms with Crippen molar-refractivity contribution in [1.29, 1.82) is 0 Å². The molecular formula is C26H20N6OS. The van der Waals surface area contributed by atoms with Gasteiger partial charge in [0.15, 0.2) is 5.82 Å². The molecule has 6 rings (SSSR count). The number of nitrogens with one attached hydrogen (secondary N) is 3. The van der Waals surface area contributed by atoms with Crippen molar-refractivity contribution in [2.24, 2.45) is 0 Å². The number of hydrogen-bond acceptors (Lipinski definition) is 5. The number of carbonyl (C=O) groups is 1. The average Bonchev–Trinajstić information content (AvgIpc) is 3.62. The van der Waals surface area contributed by atoms with Gasteiger partial charge in [0, 0.05) is 29.1 Å². The van der Waals surface area contributed by atoms with Crippen LogP contribution in [-0.2, 0) is 4.79 Å². The number of para-hydroxylation sites is 1. The molecule has 0 aliphatic rings. The van der Waals surface area contributed by atoms with Crippen LogP contribution in [0.25, 0.3) is 55.7 Å². The molecule has 0 bridgehead atoms. The Morgan fingerprint density at radius 2 is 1.97 bits per heavy atom. The summed E-state index contributed by atoms with van der Waals surface area (Å²) in [6.07, 6.45) is 3.86. The molecule has 0 saturated carbocycles. The molecule has 0 spiro atoms. The van der Waals surface area contributed by atoms with E-state index in [1.54, 1.807) is 23.7 Å². The number of imidazole rings is 1. The number of H-pyrrole nitrogens is 2. The van der Waals surface area contributed by atoms with Crippen molar-refractivity contribution in [3.05, 3.63) is 71.7 Å². The standard InChI is InChI=1S/C26H20N6OS/c1-2-23(33)28-18-10-17(12-27-13-18)15-6-7-21-20(11-15)25(32-31-21)26-29-22-5-3-4-19(24(22)30-26)16-8-9-34-14-16/h3-14H,2H2,1H3,(H,28,33)(H,29,30)(H,31,32). The Morgan fingerprint density at radius 3 is 2.82 bits per heavy atom. The number of anilines is 1. The number of hydrogen-bond donors (Lipinski definition) is 3. The maximum Gasteiger partial charge on any atom is 0.224 e. The van der Waals surface area contributed by atoms with Gasteiger partial charge in [-0.25, -0.2) is 4.98 Å². The molecule has 0 atom stereocenters. The van der Waals surface area contributed by atoms with Gasteiger partial charge < -0.3 is 10.3 Å². The van der Waals surface area contributed by atoms with E-state index in [0.29, 0.717) is 17.9 Å². The smallest absolute Gasteiger partial charge is 0.224 e. The summed E-state index contributed by atoms with van der Waals surface area (Å²) in [5.74, 6) is 0.668. The zero-order valence-electron chi connectivity index (χ0n) is 18.3. The zero-order chi connectivity index (χ0) is 23.1. The quantitative estimate of drug-likeness (QED) is 0.281. The van der Waals surface area contributed by atoms with Crippen molar-refractivity contribution in [1.82, 2.24) is 25.1 Å². The van der Waals surface area contributed by atoms with E-state index in [0.717, 1.165) is 49.9 Å². The molecule has 0 aliphatic heterocycles. The number of rotatable bonds is 5. The minimum absolute atomic E-state index is 0.0433. The summed E-state index contributed by atoms with van der Waals surface area (Å²) in [4.78, 5) is 24.5. The van der Waals surface area contributed by atoms with Gasteiger partial charge in [-0.05, 0) is 52.2 Å². The van der Waals surface area contributed by atoms with Gasteiger partial charge in [0.2, 0.25) is 5.91 Å². The predicted molar refractivity (Wildman–Crippen MR) is 137 cm³/mol. The Kier molecular flexibility index (Phi) is 4.92. The molecule has 0 saturated heterocycles. The van der Waals surface area contributed by atoms with Gasteiger partial charge in [-0.3, -0.25) is 14.9 Å². The highest BCUT2D eigenvalue weighted by Gasteiger charge is 2.16. The topological polar surface area (TPSA) is 99.3 Å². The highest BCUT2D eigenvalue weighted by Crippen LogP contribution is 2.34. The first-order valence-corrected chi connectivity index (χ1v) is 11.9. The summed E-state index contributed by atoms with van der Waals surface area (Å²) in [6, 6.07) is 16.3. The SMILES string of the molecule is CCC(=O)Nc1cncc(-c2ccc3[nH]nc(-c4nc5c(-c6ccsc6)cccc5[nH]4)c3c2)c1. The van der Waals surface area contributed by atoms with Gasteiger partial charge in [-0.15, -0.1) is 0 Å². The Balaban J connectivity index is 1.43. The molecule has 4 heterocycles. The predicted octanol–water partition coefficient (Wildman–Crippen LogP) is 6.25. The van der Waals surface area contributed by atoms with E-state index in [-0.39, 0.29) is 5.91 Å². The Hall–Kier alpha value is -4.30. The van der Waals surface area contributed by atoms with Crippen LogP contribution in [0, 0.1) is 0 Å². The second kappa shape index (κ2) is 8.24. The number of aromatic amines is 2. The number of pyridine rings is 1. The number of carbonyl (C=O) groups excluding carboxylic acids is 1. The van der Waals surface area contributed by atoms with Crippen molar-refractivity contribution >= 4 is 44.9 Å². The van der Waals surface area contributed by atoms with Crippen molar-refractivity contribution in [3.63, 3.8) is 0 Å². The van der Waals surface area contributed by atoms with Gasteiger partial charge in [-0.2, -0.15) is 16.4 Å². The summed E-state index contributed by atoms with van der Waals surface area (Å²) < 4.78 is 0. The second-order valence-corrected chi connectivity index (χ2v) is 8.78. The fourth-order valence-corrected chi connectivity index (χ4v) is 4.74. The maximum atomic E-state index is 11.8. The highest BCUT2D eigenvalue weighted by molar-refractivity contribution is 7.08. The van der Waals surface area contributed by atoms with Crippen LogP contribution in [0.15, 0.2) is 71.7 Å². The number of aromatic nitrogens is 5. The van der Waals surface area contributed by atoms with E-state index in [1.165, 1.54) is 0 Å². The number of benzene rings is 2. The van der Waals surface area contributed by atoms with Crippen LogP contribution in [0.3, 0.4) is 0 Å². The van der Waals surface area contributed by atoms with E-state index in [1.807, 2.05) is 37.3 Å². The molecule has 3 N–H and O–H groups in total. The largest absolute Gasteiger partial charge is 0.337 e. The first-order chi connectivity index (χ1) is 16.7. The molecule has 4 aromatic heterocycles. The molecular weight excluding hydrogens is 444 g/mol. The van der Waals surface area contributed by atoms with Gasteiger partial charge >= 0.3 is 0 Å². The summed E-state index contributed by atoms with van der Waals surface area (Å²) >= 11 is 1.67. The number of fused-ring (bicyclic) bond motifs is 2.